The van der Waals surface area contributed by atoms with Gasteiger partial charge in [-0.25, -0.2) is 4.79 Å². The van der Waals surface area contributed by atoms with Crippen molar-refractivity contribution >= 4 is 17.3 Å². The van der Waals surface area contributed by atoms with E-state index in [-0.39, 0.29) is 16.8 Å². The second-order valence-corrected chi connectivity index (χ2v) is 4.07. The van der Waals surface area contributed by atoms with Crippen molar-refractivity contribution < 1.29 is 19.6 Å². The van der Waals surface area contributed by atoms with Crippen LogP contribution in [0.3, 0.4) is 0 Å². The number of anilines is 1. The molecule has 1 aromatic rings. The monoisotopic (exact) mass is 268 g/mol. The van der Waals surface area contributed by atoms with Gasteiger partial charge in [-0.05, 0) is 25.5 Å². The predicted octanol–water partition coefficient (Wildman–Crippen LogP) is 1.97. The maximum Gasteiger partial charge on any atom is 0.336 e. The molecular formula is C12H16N2O5. The number of rotatable bonds is 6. The molecule has 7 nitrogen and oxygen atoms in total. The van der Waals surface area contributed by atoms with Crippen LogP contribution in [0.4, 0.5) is 11.4 Å². The van der Waals surface area contributed by atoms with Crippen LogP contribution < -0.4 is 5.32 Å². The first kappa shape index (κ1) is 14.9. The Morgan fingerprint density at radius 3 is 2.63 bits per heavy atom. The van der Waals surface area contributed by atoms with Gasteiger partial charge in [0.1, 0.15) is 5.69 Å². The van der Waals surface area contributed by atoms with E-state index in [1.54, 1.807) is 6.92 Å². The molecule has 0 atom stereocenters. The highest BCUT2D eigenvalue weighted by molar-refractivity contribution is 5.93. The lowest BCUT2D eigenvalue weighted by molar-refractivity contribution is -0.384. The fraction of sp³-hybridized carbons (Fsp3) is 0.417. The number of nitrogens with zero attached hydrogens (tertiary/aromatic N) is 1. The number of carboxylic acids is 1. The molecule has 0 spiro atoms. The quantitative estimate of drug-likeness (QED) is 0.464. The molecule has 0 heterocycles. The molecule has 0 aliphatic heterocycles. The highest BCUT2D eigenvalue weighted by Crippen LogP contribution is 2.34. The normalized spacial score (nSPS) is 10.3. The topological polar surface area (TPSA) is 102 Å². The van der Waals surface area contributed by atoms with Gasteiger partial charge in [0.05, 0.1) is 17.1 Å². The van der Waals surface area contributed by atoms with Crippen LogP contribution in [0.25, 0.3) is 0 Å². The third-order valence-corrected chi connectivity index (χ3v) is 2.77. The Hall–Kier alpha value is -2.15. The first-order chi connectivity index (χ1) is 8.90. The molecule has 0 saturated heterocycles. The Bertz CT molecular complexity index is 513. The summed E-state index contributed by atoms with van der Waals surface area (Å²) in [5.74, 6) is -1.17. The summed E-state index contributed by atoms with van der Waals surface area (Å²) in [6.07, 6.45) is 0. The molecule has 1 aromatic carbocycles. The predicted molar refractivity (Wildman–Crippen MR) is 69.9 cm³/mol. The Kier molecular flexibility index (Phi) is 4.82. The summed E-state index contributed by atoms with van der Waals surface area (Å²) in [7, 11) is 1.53. The average Bonchev–Trinajstić information content (AvgIpc) is 2.32. The van der Waals surface area contributed by atoms with E-state index in [4.69, 9.17) is 9.84 Å². The molecular weight excluding hydrogens is 252 g/mol. The summed E-state index contributed by atoms with van der Waals surface area (Å²) in [6.45, 7) is 3.87. The third-order valence-electron chi connectivity index (χ3n) is 2.77. The number of nitrogens with one attached hydrogen (secondary N) is 1. The van der Waals surface area contributed by atoms with E-state index in [1.165, 1.54) is 20.1 Å². The number of hydrogen-bond acceptors (Lipinski definition) is 5. The van der Waals surface area contributed by atoms with Gasteiger partial charge in [0, 0.05) is 19.2 Å². The van der Waals surface area contributed by atoms with E-state index >= 15 is 0 Å². The minimum atomic E-state index is -1.17. The fourth-order valence-electron chi connectivity index (χ4n) is 1.85. The number of methoxy groups -OCH3 is 1. The van der Waals surface area contributed by atoms with Gasteiger partial charge in [-0.3, -0.25) is 10.1 Å². The van der Waals surface area contributed by atoms with E-state index in [0.29, 0.717) is 24.4 Å². The number of benzene rings is 1. The zero-order valence-corrected chi connectivity index (χ0v) is 11.0. The van der Waals surface area contributed by atoms with Gasteiger partial charge in [-0.1, -0.05) is 0 Å². The smallest absolute Gasteiger partial charge is 0.336 e. The maximum atomic E-state index is 11.1. The van der Waals surface area contributed by atoms with Gasteiger partial charge in [-0.2, -0.15) is 0 Å². The van der Waals surface area contributed by atoms with Crippen LogP contribution in [0.2, 0.25) is 0 Å². The molecule has 0 fully saturated rings. The number of hydrogen-bond donors (Lipinski definition) is 2. The second kappa shape index (κ2) is 6.14. The molecule has 0 saturated carbocycles. The molecule has 2 N–H and O–H groups in total. The molecule has 0 amide bonds. The van der Waals surface area contributed by atoms with Crippen molar-refractivity contribution in [3.8, 4) is 0 Å². The van der Waals surface area contributed by atoms with Crippen molar-refractivity contribution in [2.45, 2.75) is 13.8 Å². The minimum Gasteiger partial charge on any atom is -0.478 e. The molecule has 0 unspecified atom stereocenters. The number of nitro benzene ring substituents is 1. The van der Waals surface area contributed by atoms with Gasteiger partial charge in [-0.15, -0.1) is 0 Å². The lowest BCUT2D eigenvalue weighted by Gasteiger charge is -2.13. The maximum absolute atomic E-state index is 11.1. The minimum absolute atomic E-state index is 0.0542. The van der Waals surface area contributed by atoms with Gasteiger partial charge in [0.25, 0.3) is 5.69 Å². The molecule has 0 aliphatic rings. The van der Waals surface area contributed by atoms with E-state index in [9.17, 15) is 14.9 Å². The standard InChI is InChI=1S/C12H16N2O5/c1-7-6-9(12(15)16)8(2)11(14(17)18)10(7)13-4-5-19-3/h6,13H,4-5H2,1-3H3,(H,15,16). The lowest BCUT2D eigenvalue weighted by Crippen LogP contribution is -2.13. The van der Waals surface area contributed by atoms with E-state index < -0.39 is 10.9 Å². The Balaban J connectivity index is 3.33. The lowest BCUT2D eigenvalue weighted by atomic mass is 10.0. The number of nitro groups is 1. The molecule has 7 heteroatoms. The molecule has 19 heavy (non-hydrogen) atoms. The zero-order valence-electron chi connectivity index (χ0n) is 11.0. The first-order valence-electron chi connectivity index (χ1n) is 5.64. The van der Waals surface area contributed by atoms with Crippen molar-refractivity contribution in [3.05, 3.63) is 32.9 Å². The Morgan fingerprint density at radius 2 is 2.16 bits per heavy atom. The molecule has 0 aliphatic carbocycles. The van der Waals surface area contributed by atoms with Crippen molar-refractivity contribution in [1.82, 2.24) is 0 Å². The molecule has 0 aromatic heterocycles. The summed E-state index contributed by atoms with van der Waals surface area (Å²) in [6, 6.07) is 1.43. The number of aryl methyl sites for hydroxylation is 1. The van der Waals surface area contributed by atoms with Crippen LogP contribution in [-0.4, -0.2) is 36.3 Å². The molecule has 0 bridgehead atoms. The Morgan fingerprint density at radius 1 is 1.53 bits per heavy atom. The first-order valence-corrected chi connectivity index (χ1v) is 5.64. The average molecular weight is 268 g/mol. The van der Waals surface area contributed by atoms with Crippen molar-refractivity contribution in [2.75, 3.05) is 25.6 Å². The summed E-state index contributed by atoms with van der Waals surface area (Å²) in [5.41, 5.74) is 0.744. The van der Waals surface area contributed by atoms with E-state index in [2.05, 4.69) is 5.32 Å². The summed E-state index contributed by atoms with van der Waals surface area (Å²) >= 11 is 0. The van der Waals surface area contributed by atoms with Crippen LogP contribution in [0.5, 0.6) is 0 Å². The highest BCUT2D eigenvalue weighted by Gasteiger charge is 2.25. The largest absolute Gasteiger partial charge is 0.478 e. The van der Waals surface area contributed by atoms with Crippen LogP contribution in [0.1, 0.15) is 21.5 Å². The number of ether oxygens (including phenoxy) is 1. The summed E-state index contributed by atoms with van der Waals surface area (Å²) in [5, 5.41) is 23.1. The van der Waals surface area contributed by atoms with Crippen molar-refractivity contribution in [2.24, 2.45) is 0 Å². The number of carboxylic acid groups (broad SMARTS) is 1. The SMILES string of the molecule is COCCNc1c(C)cc(C(=O)O)c(C)c1[N+](=O)[O-]. The Labute approximate surface area is 110 Å². The van der Waals surface area contributed by atoms with Crippen molar-refractivity contribution in [3.63, 3.8) is 0 Å². The molecule has 0 radical (unpaired) electrons. The van der Waals surface area contributed by atoms with Crippen LogP contribution in [0, 0.1) is 24.0 Å². The summed E-state index contributed by atoms with van der Waals surface area (Å²) < 4.78 is 4.87. The van der Waals surface area contributed by atoms with Gasteiger partial charge in [0.15, 0.2) is 0 Å². The third kappa shape index (κ3) is 3.19. The van der Waals surface area contributed by atoms with Gasteiger partial charge < -0.3 is 15.2 Å². The van der Waals surface area contributed by atoms with Crippen LogP contribution in [0.15, 0.2) is 6.07 Å². The number of carbonyl (C=O) groups is 1. The zero-order chi connectivity index (χ0) is 14.6. The fourth-order valence-corrected chi connectivity index (χ4v) is 1.85. The van der Waals surface area contributed by atoms with Crippen LogP contribution in [-0.2, 0) is 4.74 Å². The van der Waals surface area contributed by atoms with Crippen molar-refractivity contribution in [1.29, 1.82) is 0 Å². The van der Waals surface area contributed by atoms with E-state index in [0.717, 1.165) is 0 Å². The van der Waals surface area contributed by atoms with E-state index in [1.807, 2.05) is 0 Å². The van der Waals surface area contributed by atoms with Gasteiger partial charge in [0.2, 0.25) is 0 Å². The van der Waals surface area contributed by atoms with Gasteiger partial charge >= 0.3 is 5.97 Å². The second-order valence-electron chi connectivity index (χ2n) is 4.07. The molecule has 1 rings (SSSR count). The summed E-state index contributed by atoms with van der Waals surface area (Å²) in [4.78, 5) is 21.6. The van der Waals surface area contributed by atoms with Crippen LogP contribution >= 0.6 is 0 Å². The molecule has 104 valence electrons. The highest BCUT2D eigenvalue weighted by atomic mass is 16.6. The number of aromatic carboxylic acids is 1.